The van der Waals surface area contributed by atoms with Crippen LogP contribution in [-0.4, -0.2) is 9.13 Å². The predicted octanol–water partition coefficient (Wildman–Crippen LogP) is 16.5. The van der Waals surface area contributed by atoms with Gasteiger partial charge in [0.05, 0.1) is 22.1 Å². The number of aromatic nitrogens is 2. The maximum absolute atomic E-state index is 3.57. The molecule has 0 aliphatic heterocycles. The SMILES string of the molecule is Cc1ccc2c(c1)c1cc(CCCCc3ccc(Br)cc3)ccc1n2-c1cc(-n2c3ccc(C)cc3c3cc(CCCCc4ccc(Br)cc4)ccc32)cc(C(C)(C)C)c1. The van der Waals surface area contributed by atoms with E-state index in [1.165, 1.54) is 120 Å². The molecule has 0 amide bonds. The van der Waals surface area contributed by atoms with Crippen LogP contribution in [-0.2, 0) is 31.1 Å². The summed E-state index contributed by atoms with van der Waals surface area (Å²) in [7, 11) is 0. The Bertz CT molecular complexity index is 2800. The maximum Gasteiger partial charge on any atom is 0.0541 e. The Kier molecular flexibility index (Phi) is 11.4. The predicted molar refractivity (Wildman–Crippen MR) is 265 cm³/mol. The van der Waals surface area contributed by atoms with Gasteiger partial charge in [0, 0.05) is 41.9 Å². The molecule has 0 radical (unpaired) electrons. The van der Waals surface area contributed by atoms with Gasteiger partial charge in [-0.2, -0.15) is 0 Å². The van der Waals surface area contributed by atoms with E-state index >= 15 is 0 Å². The van der Waals surface area contributed by atoms with Gasteiger partial charge in [0.2, 0.25) is 0 Å². The van der Waals surface area contributed by atoms with Crippen LogP contribution in [0.15, 0.2) is 148 Å². The van der Waals surface area contributed by atoms with E-state index in [9.17, 15) is 0 Å². The molecule has 0 N–H and O–H groups in total. The number of hydrogen-bond acceptors (Lipinski definition) is 0. The fraction of sp³-hybridized carbons (Fsp3) is 0.250. The number of halogens is 2. The Morgan fingerprint density at radius 1 is 0.383 bits per heavy atom. The average Bonchev–Trinajstić information content (AvgIpc) is 3.73. The van der Waals surface area contributed by atoms with Gasteiger partial charge in [-0.05, 0) is 189 Å². The first-order valence-electron chi connectivity index (χ1n) is 21.7. The number of hydrogen-bond donors (Lipinski definition) is 0. The number of benzene rings is 7. The molecule has 2 aromatic heterocycles. The average molecular weight is 915 g/mol. The summed E-state index contributed by atoms with van der Waals surface area (Å²) in [6, 6.07) is 53.2. The monoisotopic (exact) mass is 912 g/mol. The molecule has 0 saturated carbocycles. The van der Waals surface area contributed by atoms with Gasteiger partial charge in [-0.1, -0.05) is 112 Å². The van der Waals surface area contributed by atoms with E-state index < -0.39 is 0 Å². The first kappa shape index (κ1) is 40.5. The Labute approximate surface area is 372 Å². The van der Waals surface area contributed by atoms with Gasteiger partial charge in [-0.25, -0.2) is 0 Å². The van der Waals surface area contributed by atoms with Gasteiger partial charge in [0.15, 0.2) is 0 Å². The molecule has 0 atom stereocenters. The lowest BCUT2D eigenvalue weighted by Crippen LogP contribution is -2.13. The highest BCUT2D eigenvalue weighted by molar-refractivity contribution is 9.10. The minimum Gasteiger partial charge on any atom is -0.309 e. The lowest BCUT2D eigenvalue weighted by Gasteiger charge is -2.23. The zero-order valence-electron chi connectivity index (χ0n) is 35.6. The van der Waals surface area contributed by atoms with Crippen molar-refractivity contribution >= 4 is 75.5 Å². The highest BCUT2D eigenvalue weighted by Gasteiger charge is 2.22. The third kappa shape index (κ3) is 8.39. The van der Waals surface area contributed by atoms with Crippen molar-refractivity contribution in [3.05, 3.63) is 187 Å². The summed E-state index contributed by atoms with van der Waals surface area (Å²) in [4.78, 5) is 0. The summed E-state index contributed by atoms with van der Waals surface area (Å²) in [6.45, 7) is 11.4. The van der Waals surface area contributed by atoms with Crippen LogP contribution in [0.3, 0.4) is 0 Å². The van der Waals surface area contributed by atoms with Gasteiger partial charge < -0.3 is 9.13 Å². The summed E-state index contributed by atoms with van der Waals surface area (Å²) >= 11 is 7.14. The molecule has 0 saturated heterocycles. The standard InChI is InChI=1S/C56H54Br2N2/c1-37-14-26-52-48(30-37)50-32-41(12-8-6-10-39-16-22-44(57)23-17-39)20-28-54(50)59(52)46-34-43(56(3,4)5)35-47(36-46)60-53-27-15-38(2)31-49(53)51-33-42(21-29-55(51)60)13-9-7-11-40-18-24-45(58)25-19-40/h14-36H,6-13H2,1-5H3. The Balaban J connectivity index is 1.10. The van der Waals surface area contributed by atoms with E-state index in [0.29, 0.717) is 0 Å². The Morgan fingerprint density at radius 2 is 0.717 bits per heavy atom. The summed E-state index contributed by atoms with van der Waals surface area (Å²) in [5.74, 6) is 0. The van der Waals surface area contributed by atoms with Crippen LogP contribution in [0.2, 0.25) is 0 Å². The summed E-state index contributed by atoms with van der Waals surface area (Å²) in [6.07, 6.45) is 9.08. The molecule has 9 aromatic rings. The number of aryl methyl sites for hydroxylation is 6. The number of nitrogens with zero attached hydrogens (tertiary/aromatic N) is 2. The molecule has 0 unspecified atom stereocenters. The maximum atomic E-state index is 3.57. The van der Waals surface area contributed by atoms with E-state index in [4.69, 9.17) is 0 Å². The fourth-order valence-electron chi connectivity index (χ4n) is 9.14. The number of rotatable bonds is 12. The molecule has 0 fully saturated rings. The van der Waals surface area contributed by atoms with Crippen LogP contribution in [0.5, 0.6) is 0 Å². The van der Waals surface area contributed by atoms with E-state index in [-0.39, 0.29) is 5.41 Å². The zero-order chi connectivity index (χ0) is 41.5. The van der Waals surface area contributed by atoms with Gasteiger partial charge in [-0.15, -0.1) is 0 Å². The van der Waals surface area contributed by atoms with E-state index in [1.54, 1.807) is 0 Å². The lowest BCUT2D eigenvalue weighted by molar-refractivity contribution is 0.589. The number of fused-ring (bicyclic) bond motifs is 6. The molecule has 60 heavy (non-hydrogen) atoms. The smallest absolute Gasteiger partial charge is 0.0541 e. The normalized spacial score (nSPS) is 12.1. The molecule has 0 spiro atoms. The van der Waals surface area contributed by atoms with E-state index in [0.717, 1.165) is 34.6 Å². The summed E-state index contributed by atoms with van der Waals surface area (Å²) < 4.78 is 7.32. The fourth-order valence-corrected chi connectivity index (χ4v) is 9.67. The number of unbranched alkanes of at least 4 members (excludes halogenated alkanes) is 2. The molecule has 0 aliphatic carbocycles. The lowest BCUT2D eigenvalue weighted by atomic mass is 9.86. The molecule has 302 valence electrons. The molecular weight excluding hydrogens is 860 g/mol. The van der Waals surface area contributed by atoms with Crippen molar-refractivity contribution < 1.29 is 0 Å². The van der Waals surface area contributed by atoms with Crippen LogP contribution in [0.1, 0.15) is 85.4 Å². The topological polar surface area (TPSA) is 9.86 Å². The van der Waals surface area contributed by atoms with Crippen LogP contribution in [0, 0.1) is 13.8 Å². The van der Waals surface area contributed by atoms with Crippen LogP contribution >= 0.6 is 31.9 Å². The third-order valence-electron chi connectivity index (χ3n) is 12.4. The van der Waals surface area contributed by atoms with E-state index in [1.807, 2.05) is 0 Å². The minimum absolute atomic E-state index is 0.0533. The third-order valence-corrected chi connectivity index (χ3v) is 13.5. The Morgan fingerprint density at radius 3 is 1.10 bits per heavy atom. The molecule has 0 aliphatic rings. The van der Waals surface area contributed by atoms with Crippen LogP contribution < -0.4 is 0 Å². The largest absolute Gasteiger partial charge is 0.309 e. The second kappa shape index (κ2) is 16.9. The van der Waals surface area contributed by atoms with Crippen LogP contribution in [0.25, 0.3) is 55.0 Å². The van der Waals surface area contributed by atoms with Crippen molar-refractivity contribution in [3.8, 4) is 11.4 Å². The molecule has 2 heterocycles. The molecular formula is C56H54Br2N2. The van der Waals surface area contributed by atoms with Crippen molar-refractivity contribution in [3.63, 3.8) is 0 Å². The molecule has 2 nitrogen and oxygen atoms in total. The van der Waals surface area contributed by atoms with Crippen LogP contribution in [0.4, 0.5) is 0 Å². The van der Waals surface area contributed by atoms with Gasteiger partial charge in [0.25, 0.3) is 0 Å². The Hall–Kier alpha value is -4.90. The van der Waals surface area contributed by atoms with Crippen molar-refractivity contribution in [1.29, 1.82) is 0 Å². The quantitative estimate of drug-likeness (QED) is 0.108. The van der Waals surface area contributed by atoms with Gasteiger partial charge in [-0.3, -0.25) is 0 Å². The molecule has 4 heteroatoms. The molecule has 9 rings (SSSR count). The van der Waals surface area contributed by atoms with Gasteiger partial charge >= 0.3 is 0 Å². The first-order chi connectivity index (χ1) is 29.0. The van der Waals surface area contributed by atoms with Crippen molar-refractivity contribution in [2.45, 2.75) is 91.4 Å². The highest BCUT2D eigenvalue weighted by Crippen LogP contribution is 2.39. The van der Waals surface area contributed by atoms with Crippen molar-refractivity contribution in [2.24, 2.45) is 0 Å². The second-order valence-corrected chi connectivity index (χ2v) is 19.9. The van der Waals surface area contributed by atoms with Crippen molar-refractivity contribution in [1.82, 2.24) is 9.13 Å². The van der Waals surface area contributed by atoms with Crippen molar-refractivity contribution in [2.75, 3.05) is 0 Å². The minimum atomic E-state index is -0.0533. The molecule has 7 aromatic carbocycles. The second-order valence-electron chi connectivity index (χ2n) is 18.1. The van der Waals surface area contributed by atoms with E-state index in [2.05, 4.69) is 215 Å². The zero-order valence-corrected chi connectivity index (χ0v) is 38.8. The first-order valence-corrected chi connectivity index (χ1v) is 23.3. The summed E-state index contributed by atoms with van der Waals surface area (Å²) in [5, 5.41) is 5.30. The highest BCUT2D eigenvalue weighted by atomic mass is 79.9. The van der Waals surface area contributed by atoms with Gasteiger partial charge in [0.1, 0.15) is 0 Å². The summed E-state index contributed by atoms with van der Waals surface area (Å²) in [5.41, 5.74) is 16.9. The molecule has 0 bridgehead atoms.